The van der Waals surface area contributed by atoms with E-state index in [1.165, 1.54) is 0 Å². The van der Waals surface area contributed by atoms with Crippen molar-refractivity contribution in [3.63, 3.8) is 0 Å². The number of imidazole rings is 1. The van der Waals surface area contributed by atoms with Crippen molar-refractivity contribution in [1.82, 2.24) is 14.4 Å². The fourth-order valence-corrected chi connectivity index (χ4v) is 2.47. The van der Waals surface area contributed by atoms with E-state index in [9.17, 15) is 4.79 Å². The summed E-state index contributed by atoms with van der Waals surface area (Å²) in [6, 6.07) is 7.28. The van der Waals surface area contributed by atoms with E-state index in [1.54, 1.807) is 28.9 Å². The summed E-state index contributed by atoms with van der Waals surface area (Å²) in [5, 5.41) is 2.86. The quantitative estimate of drug-likeness (QED) is 0.786. The molecule has 1 N–H and O–H groups in total. The highest BCUT2D eigenvalue weighted by atomic mass is 16.5. The Kier molecular flexibility index (Phi) is 4.23. The number of fused-ring (bicyclic) bond motifs is 1. The summed E-state index contributed by atoms with van der Waals surface area (Å²) in [6.07, 6.45) is 5.75. The van der Waals surface area contributed by atoms with E-state index >= 15 is 0 Å². The SMILES string of the molecule is CCOc1cccn2c(C(=O)Nc3cccnc3)c(CC)nc12. The number of nitrogens with one attached hydrogen (secondary N) is 1. The summed E-state index contributed by atoms with van der Waals surface area (Å²) >= 11 is 0. The number of aromatic nitrogens is 3. The van der Waals surface area contributed by atoms with Gasteiger partial charge in [0, 0.05) is 12.4 Å². The molecule has 3 heterocycles. The minimum absolute atomic E-state index is 0.212. The van der Waals surface area contributed by atoms with Gasteiger partial charge in [-0.3, -0.25) is 14.2 Å². The largest absolute Gasteiger partial charge is 0.490 e. The topological polar surface area (TPSA) is 68.5 Å². The summed E-state index contributed by atoms with van der Waals surface area (Å²) in [4.78, 5) is 21.3. The Morgan fingerprint density at radius 1 is 1.30 bits per heavy atom. The lowest BCUT2D eigenvalue weighted by molar-refractivity contribution is 0.102. The molecule has 6 heteroatoms. The normalized spacial score (nSPS) is 10.7. The minimum Gasteiger partial charge on any atom is -0.490 e. The van der Waals surface area contributed by atoms with Crippen LogP contribution >= 0.6 is 0 Å². The Bertz CT molecular complexity index is 827. The second kappa shape index (κ2) is 6.48. The number of anilines is 1. The molecule has 118 valence electrons. The number of carbonyl (C=O) groups excluding carboxylic acids is 1. The number of aryl methyl sites for hydroxylation is 1. The van der Waals surface area contributed by atoms with Crippen molar-refractivity contribution in [2.45, 2.75) is 20.3 Å². The number of amides is 1. The summed E-state index contributed by atoms with van der Waals surface area (Å²) in [6.45, 7) is 4.44. The molecule has 3 aromatic heterocycles. The molecule has 0 aliphatic carbocycles. The highest BCUT2D eigenvalue weighted by Crippen LogP contribution is 2.23. The van der Waals surface area contributed by atoms with E-state index in [4.69, 9.17) is 4.74 Å². The van der Waals surface area contributed by atoms with Crippen LogP contribution in [0.4, 0.5) is 5.69 Å². The van der Waals surface area contributed by atoms with Gasteiger partial charge in [0.2, 0.25) is 0 Å². The summed E-state index contributed by atoms with van der Waals surface area (Å²) < 4.78 is 7.38. The van der Waals surface area contributed by atoms with Crippen molar-refractivity contribution < 1.29 is 9.53 Å². The Morgan fingerprint density at radius 2 is 2.17 bits per heavy atom. The molecule has 3 aromatic rings. The highest BCUT2D eigenvalue weighted by molar-refractivity contribution is 6.04. The van der Waals surface area contributed by atoms with Crippen LogP contribution in [0.1, 0.15) is 30.0 Å². The van der Waals surface area contributed by atoms with Crippen LogP contribution in [-0.2, 0) is 6.42 Å². The minimum atomic E-state index is -0.212. The molecule has 0 atom stereocenters. The predicted octanol–water partition coefficient (Wildman–Crippen LogP) is 2.94. The van der Waals surface area contributed by atoms with Crippen LogP contribution in [0.5, 0.6) is 5.75 Å². The lowest BCUT2D eigenvalue weighted by Crippen LogP contribution is -2.16. The predicted molar refractivity (Wildman–Crippen MR) is 87.9 cm³/mol. The van der Waals surface area contributed by atoms with Crippen molar-refractivity contribution in [1.29, 1.82) is 0 Å². The second-order valence-corrected chi connectivity index (χ2v) is 4.96. The smallest absolute Gasteiger partial charge is 0.274 e. The van der Waals surface area contributed by atoms with Crippen LogP contribution in [0.3, 0.4) is 0 Å². The van der Waals surface area contributed by atoms with Crippen molar-refractivity contribution in [2.24, 2.45) is 0 Å². The monoisotopic (exact) mass is 310 g/mol. The maximum absolute atomic E-state index is 12.7. The number of hydrogen-bond donors (Lipinski definition) is 1. The van der Waals surface area contributed by atoms with Crippen LogP contribution < -0.4 is 10.1 Å². The van der Waals surface area contributed by atoms with Gasteiger partial charge in [0.1, 0.15) is 5.69 Å². The van der Waals surface area contributed by atoms with Gasteiger partial charge < -0.3 is 10.1 Å². The summed E-state index contributed by atoms with van der Waals surface area (Å²) in [5.74, 6) is 0.459. The fraction of sp³-hybridized carbons (Fsp3) is 0.235. The van der Waals surface area contributed by atoms with E-state index in [0.717, 1.165) is 5.69 Å². The van der Waals surface area contributed by atoms with Crippen molar-refractivity contribution >= 4 is 17.2 Å². The van der Waals surface area contributed by atoms with Gasteiger partial charge in [-0.05, 0) is 37.6 Å². The van der Waals surface area contributed by atoms with E-state index in [2.05, 4.69) is 15.3 Å². The highest BCUT2D eigenvalue weighted by Gasteiger charge is 2.20. The Hall–Kier alpha value is -2.89. The summed E-state index contributed by atoms with van der Waals surface area (Å²) in [7, 11) is 0. The molecule has 0 saturated carbocycles. The molecule has 0 aromatic carbocycles. The lowest BCUT2D eigenvalue weighted by atomic mass is 10.2. The average Bonchev–Trinajstić information content (AvgIpc) is 2.96. The molecule has 1 amide bonds. The first-order valence-corrected chi connectivity index (χ1v) is 7.58. The molecule has 0 aliphatic heterocycles. The molecule has 23 heavy (non-hydrogen) atoms. The van der Waals surface area contributed by atoms with Gasteiger partial charge in [-0.25, -0.2) is 4.98 Å². The van der Waals surface area contributed by atoms with Gasteiger partial charge in [-0.1, -0.05) is 6.92 Å². The number of nitrogens with zero attached hydrogens (tertiary/aromatic N) is 3. The van der Waals surface area contributed by atoms with Gasteiger partial charge in [0.25, 0.3) is 5.91 Å². The second-order valence-electron chi connectivity index (χ2n) is 4.96. The van der Waals surface area contributed by atoms with Crippen molar-refractivity contribution in [3.8, 4) is 5.75 Å². The molecular weight excluding hydrogens is 292 g/mol. The van der Waals surface area contributed by atoms with Crippen LogP contribution in [0.25, 0.3) is 5.65 Å². The molecule has 0 bridgehead atoms. The van der Waals surface area contributed by atoms with Gasteiger partial charge in [-0.15, -0.1) is 0 Å². The molecular formula is C17H18N4O2. The molecule has 0 aliphatic rings. The van der Waals surface area contributed by atoms with Crippen LogP contribution in [0.2, 0.25) is 0 Å². The number of pyridine rings is 2. The van der Waals surface area contributed by atoms with E-state index in [0.29, 0.717) is 35.8 Å². The number of hydrogen-bond acceptors (Lipinski definition) is 4. The van der Waals surface area contributed by atoms with E-state index in [-0.39, 0.29) is 5.91 Å². The van der Waals surface area contributed by atoms with Crippen LogP contribution in [0.15, 0.2) is 42.9 Å². The van der Waals surface area contributed by atoms with Gasteiger partial charge in [-0.2, -0.15) is 0 Å². The summed E-state index contributed by atoms with van der Waals surface area (Å²) in [5.41, 5.74) is 2.56. The molecule has 0 unspecified atom stereocenters. The Labute approximate surface area is 134 Å². The average molecular weight is 310 g/mol. The fourth-order valence-electron chi connectivity index (χ4n) is 2.47. The Morgan fingerprint density at radius 3 is 2.87 bits per heavy atom. The Balaban J connectivity index is 2.05. The maximum Gasteiger partial charge on any atom is 0.274 e. The van der Waals surface area contributed by atoms with Gasteiger partial charge in [0.05, 0.1) is 24.2 Å². The molecule has 0 spiro atoms. The van der Waals surface area contributed by atoms with Crippen molar-refractivity contribution in [2.75, 3.05) is 11.9 Å². The molecule has 0 fully saturated rings. The standard InChI is InChI=1S/C17H18N4O2/c1-3-13-15(17(22)19-12-7-5-9-18-11-12)21-10-6-8-14(23-4-2)16(21)20-13/h5-11H,3-4H2,1-2H3,(H,19,22). The zero-order valence-electron chi connectivity index (χ0n) is 13.1. The molecule has 3 rings (SSSR count). The maximum atomic E-state index is 12.7. The van der Waals surface area contributed by atoms with E-state index in [1.807, 2.05) is 32.2 Å². The molecule has 6 nitrogen and oxygen atoms in total. The van der Waals surface area contributed by atoms with Crippen LogP contribution in [-0.4, -0.2) is 26.9 Å². The third-order valence-electron chi connectivity index (χ3n) is 3.46. The zero-order valence-corrected chi connectivity index (χ0v) is 13.1. The first kappa shape index (κ1) is 15.0. The van der Waals surface area contributed by atoms with E-state index < -0.39 is 0 Å². The zero-order chi connectivity index (χ0) is 16.2. The van der Waals surface area contributed by atoms with Crippen LogP contribution in [0, 0.1) is 0 Å². The number of rotatable bonds is 5. The van der Waals surface area contributed by atoms with Gasteiger partial charge in [0.15, 0.2) is 11.4 Å². The first-order valence-electron chi connectivity index (χ1n) is 7.58. The third-order valence-corrected chi connectivity index (χ3v) is 3.46. The number of carbonyl (C=O) groups is 1. The molecule has 0 radical (unpaired) electrons. The number of ether oxygens (including phenoxy) is 1. The lowest BCUT2D eigenvalue weighted by Gasteiger charge is -2.07. The first-order chi connectivity index (χ1) is 11.2. The van der Waals surface area contributed by atoms with Gasteiger partial charge >= 0.3 is 0 Å². The molecule has 0 saturated heterocycles. The third kappa shape index (κ3) is 2.88. The van der Waals surface area contributed by atoms with Crippen molar-refractivity contribution in [3.05, 3.63) is 54.2 Å².